The molecule has 0 aliphatic rings. The molecular formula is C13H21N3O2. The normalized spacial score (nSPS) is 10.8. The van der Waals surface area contributed by atoms with Gasteiger partial charge in [-0.25, -0.2) is 5.84 Å². The number of hydrogen-bond donors (Lipinski definition) is 2. The van der Waals surface area contributed by atoms with Crippen LogP contribution in [0.25, 0.3) is 0 Å². The van der Waals surface area contributed by atoms with E-state index in [0.717, 1.165) is 6.54 Å². The van der Waals surface area contributed by atoms with Crippen LogP contribution >= 0.6 is 0 Å². The molecule has 0 bridgehead atoms. The minimum atomic E-state index is -0.320. The zero-order chi connectivity index (χ0) is 13.5. The maximum Gasteiger partial charge on any atom is 0.265 e. The minimum Gasteiger partial charge on any atom is -0.492 e. The maximum atomic E-state index is 11.3. The Balaban J connectivity index is 2.50. The van der Waals surface area contributed by atoms with Crippen molar-refractivity contribution in [1.82, 2.24) is 10.3 Å². The van der Waals surface area contributed by atoms with E-state index >= 15 is 0 Å². The van der Waals surface area contributed by atoms with Gasteiger partial charge in [0.05, 0.1) is 0 Å². The Hall–Kier alpha value is -1.59. The molecule has 0 saturated carbocycles. The molecule has 0 fully saturated rings. The fourth-order valence-electron chi connectivity index (χ4n) is 1.38. The number of likely N-dealkylation sites (N-methyl/N-ethyl adjacent to an activating group) is 1. The molecule has 3 N–H and O–H groups in total. The van der Waals surface area contributed by atoms with Gasteiger partial charge in [0.25, 0.3) is 5.91 Å². The minimum absolute atomic E-state index is 0.320. The average Bonchev–Trinajstić information content (AvgIpc) is 2.37. The summed E-state index contributed by atoms with van der Waals surface area (Å²) in [5.74, 6) is 5.43. The van der Waals surface area contributed by atoms with Crippen LogP contribution in [0, 0.1) is 0 Å². The molecule has 100 valence electrons. The van der Waals surface area contributed by atoms with E-state index in [0.29, 0.717) is 24.0 Å². The molecule has 0 unspecified atom stereocenters. The number of nitrogen functional groups attached to an aromatic ring is 1. The zero-order valence-corrected chi connectivity index (χ0v) is 11.1. The van der Waals surface area contributed by atoms with Gasteiger partial charge in [-0.15, -0.1) is 0 Å². The van der Waals surface area contributed by atoms with Crippen LogP contribution in [0.15, 0.2) is 24.3 Å². The van der Waals surface area contributed by atoms with E-state index in [1.165, 1.54) is 0 Å². The van der Waals surface area contributed by atoms with Crippen molar-refractivity contribution in [2.45, 2.75) is 19.9 Å². The van der Waals surface area contributed by atoms with Crippen LogP contribution in [0.5, 0.6) is 5.75 Å². The van der Waals surface area contributed by atoms with Gasteiger partial charge in [-0.05, 0) is 39.1 Å². The quantitative estimate of drug-likeness (QED) is 0.450. The highest BCUT2D eigenvalue weighted by molar-refractivity contribution is 5.94. The number of nitrogens with one attached hydrogen (secondary N) is 1. The summed E-state index contributed by atoms with van der Waals surface area (Å²) in [6.45, 7) is 5.69. The summed E-state index contributed by atoms with van der Waals surface area (Å²) >= 11 is 0. The topological polar surface area (TPSA) is 67.6 Å². The zero-order valence-electron chi connectivity index (χ0n) is 11.1. The summed E-state index contributed by atoms with van der Waals surface area (Å²) < 4.78 is 5.60. The Morgan fingerprint density at radius 1 is 1.50 bits per heavy atom. The Morgan fingerprint density at radius 3 is 2.83 bits per heavy atom. The smallest absolute Gasteiger partial charge is 0.265 e. The number of benzene rings is 1. The molecule has 0 saturated heterocycles. The fourth-order valence-corrected chi connectivity index (χ4v) is 1.38. The molecule has 18 heavy (non-hydrogen) atoms. The first kappa shape index (κ1) is 14.5. The van der Waals surface area contributed by atoms with Crippen molar-refractivity contribution >= 4 is 5.91 Å². The molecule has 5 nitrogen and oxygen atoms in total. The van der Waals surface area contributed by atoms with Crippen LogP contribution in [0.1, 0.15) is 24.2 Å². The molecule has 0 radical (unpaired) electrons. The molecule has 0 heterocycles. The number of nitrogens with zero attached hydrogens (tertiary/aromatic N) is 1. The molecule has 0 aliphatic carbocycles. The number of hydrogen-bond acceptors (Lipinski definition) is 4. The highest BCUT2D eigenvalue weighted by Crippen LogP contribution is 2.13. The molecule has 0 aromatic heterocycles. The van der Waals surface area contributed by atoms with Crippen molar-refractivity contribution in [3.8, 4) is 5.75 Å². The highest BCUT2D eigenvalue weighted by Gasteiger charge is 2.06. The predicted octanol–water partition coefficient (Wildman–Crippen LogP) is 1.01. The van der Waals surface area contributed by atoms with Crippen LogP contribution in [0.2, 0.25) is 0 Å². The van der Waals surface area contributed by atoms with Crippen molar-refractivity contribution in [2.75, 3.05) is 20.2 Å². The molecule has 1 amide bonds. The lowest BCUT2D eigenvalue weighted by Gasteiger charge is -2.20. The Morgan fingerprint density at radius 2 is 2.22 bits per heavy atom. The second-order valence-corrected chi connectivity index (χ2v) is 4.42. The second kappa shape index (κ2) is 6.98. The lowest BCUT2D eigenvalue weighted by Crippen LogP contribution is -2.31. The van der Waals surface area contributed by atoms with Gasteiger partial charge < -0.3 is 9.64 Å². The first-order valence-corrected chi connectivity index (χ1v) is 5.98. The number of carbonyl (C=O) groups is 1. The van der Waals surface area contributed by atoms with Gasteiger partial charge in [0.15, 0.2) is 0 Å². The van der Waals surface area contributed by atoms with E-state index in [1.807, 2.05) is 13.1 Å². The number of rotatable bonds is 6. The molecule has 1 aromatic carbocycles. The number of amides is 1. The first-order valence-electron chi connectivity index (χ1n) is 5.98. The molecule has 0 atom stereocenters. The Bertz CT molecular complexity index is 394. The van der Waals surface area contributed by atoms with Gasteiger partial charge in [0.1, 0.15) is 12.4 Å². The van der Waals surface area contributed by atoms with E-state index in [1.54, 1.807) is 18.2 Å². The van der Waals surface area contributed by atoms with Gasteiger partial charge >= 0.3 is 0 Å². The lowest BCUT2D eigenvalue weighted by molar-refractivity contribution is 0.0953. The van der Waals surface area contributed by atoms with Crippen molar-refractivity contribution in [1.29, 1.82) is 0 Å². The molecular weight excluding hydrogens is 230 g/mol. The van der Waals surface area contributed by atoms with Gasteiger partial charge in [-0.3, -0.25) is 10.2 Å². The van der Waals surface area contributed by atoms with Crippen molar-refractivity contribution in [2.24, 2.45) is 5.84 Å². The average molecular weight is 251 g/mol. The maximum absolute atomic E-state index is 11.3. The van der Waals surface area contributed by atoms with E-state index in [-0.39, 0.29) is 5.91 Å². The second-order valence-electron chi connectivity index (χ2n) is 4.42. The van der Waals surface area contributed by atoms with Crippen molar-refractivity contribution in [3.05, 3.63) is 29.8 Å². The van der Waals surface area contributed by atoms with Crippen LogP contribution in [0.3, 0.4) is 0 Å². The molecule has 5 heteroatoms. The molecule has 0 aliphatic heterocycles. The number of ether oxygens (including phenoxy) is 1. The summed E-state index contributed by atoms with van der Waals surface area (Å²) in [5.41, 5.74) is 2.59. The number of carbonyl (C=O) groups excluding carboxylic acids is 1. The Kier molecular flexibility index (Phi) is 5.61. The van der Waals surface area contributed by atoms with Crippen molar-refractivity contribution in [3.63, 3.8) is 0 Å². The fraction of sp³-hybridized carbons (Fsp3) is 0.462. The third-order valence-corrected chi connectivity index (χ3v) is 2.82. The Labute approximate surface area is 108 Å². The van der Waals surface area contributed by atoms with E-state index in [4.69, 9.17) is 10.6 Å². The predicted molar refractivity (Wildman–Crippen MR) is 71.4 cm³/mol. The van der Waals surface area contributed by atoms with Crippen LogP contribution in [-0.2, 0) is 0 Å². The van der Waals surface area contributed by atoms with Crippen LogP contribution < -0.4 is 16.0 Å². The molecule has 1 rings (SSSR count). The third kappa shape index (κ3) is 4.35. The first-order chi connectivity index (χ1) is 8.54. The summed E-state index contributed by atoms with van der Waals surface area (Å²) in [5, 5.41) is 0. The molecule has 1 aromatic rings. The van der Waals surface area contributed by atoms with Crippen molar-refractivity contribution < 1.29 is 9.53 Å². The summed E-state index contributed by atoms with van der Waals surface area (Å²) in [4.78, 5) is 13.5. The van der Waals surface area contributed by atoms with Crippen LogP contribution in [-0.4, -0.2) is 37.0 Å². The summed E-state index contributed by atoms with van der Waals surface area (Å²) in [7, 11) is 2.05. The standard InChI is InChI=1S/C13H21N3O2/c1-10(2)16(3)7-8-18-12-6-4-5-11(9-12)13(17)15-14/h4-6,9-10H,7-8,14H2,1-3H3,(H,15,17). The van der Waals surface area contributed by atoms with Gasteiger partial charge in [0, 0.05) is 18.2 Å². The largest absolute Gasteiger partial charge is 0.492 e. The number of nitrogens with two attached hydrogens (primary N) is 1. The van der Waals surface area contributed by atoms with Gasteiger partial charge in [0.2, 0.25) is 0 Å². The van der Waals surface area contributed by atoms with E-state index in [2.05, 4.69) is 24.2 Å². The summed E-state index contributed by atoms with van der Waals surface area (Å²) in [6, 6.07) is 7.45. The van der Waals surface area contributed by atoms with E-state index in [9.17, 15) is 4.79 Å². The molecule has 0 spiro atoms. The van der Waals surface area contributed by atoms with Gasteiger partial charge in [-0.1, -0.05) is 6.07 Å². The SMILES string of the molecule is CC(C)N(C)CCOc1cccc(C(=O)NN)c1. The summed E-state index contributed by atoms with van der Waals surface area (Å²) in [6.07, 6.45) is 0. The third-order valence-electron chi connectivity index (χ3n) is 2.82. The highest BCUT2D eigenvalue weighted by atomic mass is 16.5. The number of hydrazine groups is 1. The van der Waals surface area contributed by atoms with Gasteiger partial charge in [-0.2, -0.15) is 0 Å². The van der Waals surface area contributed by atoms with E-state index < -0.39 is 0 Å². The lowest BCUT2D eigenvalue weighted by atomic mass is 10.2. The monoisotopic (exact) mass is 251 g/mol. The van der Waals surface area contributed by atoms with Crippen LogP contribution in [0.4, 0.5) is 0 Å².